The maximum atomic E-state index is 8.73. The fourth-order valence-electron chi connectivity index (χ4n) is 0.476. The SMILES string of the molecule is CNc1cncc(O)n1.[Y]. The quantitative estimate of drug-likeness (QED) is 0.702. The Morgan fingerprint density at radius 1 is 1.50 bits per heavy atom. The van der Waals surface area contributed by atoms with Crippen LogP contribution in [-0.4, -0.2) is 22.1 Å². The van der Waals surface area contributed by atoms with Gasteiger partial charge in [0, 0.05) is 39.8 Å². The van der Waals surface area contributed by atoms with Crippen LogP contribution in [0, 0.1) is 0 Å². The van der Waals surface area contributed by atoms with Crippen molar-refractivity contribution in [3.05, 3.63) is 12.4 Å². The van der Waals surface area contributed by atoms with Crippen LogP contribution in [0.3, 0.4) is 0 Å². The Kier molecular flexibility index (Phi) is 4.48. The molecule has 1 rings (SSSR count). The van der Waals surface area contributed by atoms with Gasteiger partial charge in [0.25, 0.3) is 0 Å². The molecule has 0 fully saturated rings. The maximum Gasteiger partial charge on any atom is 0.231 e. The largest absolute Gasteiger partial charge is 0.492 e. The summed E-state index contributed by atoms with van der Waals surface area (Å²) in [5.41, 5.74) is 0. The third kappa shape index (κ3) is 2.58. The number of anilines is 1. The predicted octanol–water partition coefficient (Wildman–Crippen LogP) is 0.221. The number of aromatic nitrogens is 2. The number of hydrogen-bond acceptors (Lipinski definition) is 4. The average Bonchev–Trinajstić information content (AvgIpc) is 1.88. The second kappa shape index (κ2) is 4.58. The number of aromatic hydroxyl groups is 1. The minimum atomic E-state index is -0.0677. The monoisotopic (exact) mass is 214 g/mol. The van der Waals surface area contributed by atoms with Crippen LogP contribution in [0.4, 0.5) is 5.82 Å². The fraction of sp³-hybridized carbons (Fsp3) is 0.200. The zero-order valence-corrected chi connectivity index (χ0v) is 8.41. The summed E-state index contributed by atoms with van der Waals surface area (Å²) in [6.45, 7) is 0. The van der Waals surface area contributed by atoms with Gasteiger partial charge in [0.15, 0.2) is 0 Å². The smallest absolute Gasteiger partial charge is 0.231 e. The Morgan fingerprint density at radius 2 is 2.20 bits per heavy atom. The number of nitrogens with zero attached hydrogens (tertiary/aromatic N) is 2. The van der Waals surface area contributed by atoms with Crippen molar-refractivity contribution in [3.63, 3.8) is 0 Å². The van der Waals surface area contributed by atoms with Crippen LogP contribution < -0.4 is 5.32 Å². The van der Waals surface area contributed by atoms with Gasteiger partial charge in [0.05, 0.1) is 12.4 Å². The van der Waals surface area contributed by atoms with Gasteiger partial charge in [-0.3, -0.25) is 4.98 Å². The summed E-state index contributed by atoms with van der Waals surface area (Å²) in [7, 11) is 1.71. The Morgan fingerprint density at radius 3 is 2.60 bits per heavy atom. The van der Waals surface area contributed by atoms with Crippen molar-refractivity contribution in [2.75, 3.05) is 12.4 Å². The van der Waals surface area contributed by atoms with E-state index in [1.807, 2.05) is 0 Å². The fourth-order valence-corrected chi connectivity index (χ4v) is 0.476. The minimum absolute atomic E-state index is 0. The molecule has 0 aliphatic heterocycles. The molecular formula is C5H7N3OY. The zero-order valence-electron chi connectivity index (χ0n) is 5.57. The van der Waals surface area contributed by atoms with E-state index in [0.717, 1.165) is 0 Å². The van der Waals surface area contributed by atoms with Crippen LogP contribution in [0.5, 0.6) is 5.88 Å². The summed E-state index contributed by atoms with van der Waals surface area (Å²) in [6, 6.07) is 0. The van der Waals surface area contributed by atoms with E-state index >= 15 is 0 Å². The number of rotatable bonds is 1. The molecule has 0 spiro atoms. The van der Waals surface area contributed by atoms with Gasteiger partial charge in [0.1, 0.15) is 5.82 Å². The number of hydrogen-bond donors (Lipinski definition) is 2. The predicted molar refractivity (Wildman–Crippen MR) is 33.2 cm³/mol. The molecule has 0 saturated heterocycles. The van der Waals surface area contributed by atoms with Gasteiger partial charge in [-0.05, 0) is 0 Å². The first-order valence-corrected chi connectivity index (χ1v) is 2.51. The molecule has 0 atom stereocenters. The summed E-state index contributed by atoms with van der Waals surface area (Å²) in [5.74, 6) is 0.497. The van der Waals surface area contributed by atoms with E-state index in [1.165, 1.54) is 12.4 Å². The van der Waals surface area contributed by atoms with Gasteiger partial charge >= 0.3 is 0 Å². The molecule has 1 aromatic heterocycles. The molecule has 10 heavy (non-hydrogen) atoms. The van der Waals surface area contributed by atoms with Crippen LogP contribution in [0.2, 0.25) is 0 Å². The van der Waals surface area contributed by atoms with Gasteiger partial charge in [-0.25, -0.2) is 0 Å². The normalized spacial score (nSPS) is 8.10. The van der Waals surface area contributed by atoms with Gasteiger partial charge in [-0.15, -0.1) is 0 Å². The first-order valence-electron chi connectivity index (χ1n) is 2.51. The van der Waals surface area contributed by atoms with Crippen molar-refractivity contribution in [2.24, 2.45) is 0 Å². The van der Waals surface area contributed by atoms with Crippen LogP contribution in [0.1, 0.15) is 0 Å². The molecular weight excluding hydrogens is 207 g/mol. The average molecular weight is 214 g/mol. The molecule has 0 aliphatic carbocycles. The van der Waals surface area contributed by atoms with Gasteiger partial charge in [-0.1, -0.05) is 0 Å². The second-order valence-corrected chi connectivity index (χ2v) is 1.51. The molecule has 1 aromatic rings. The van der Waals surface area contributed by atoms with Crippen LogP contribution in [-0.2, 0) is 32.7 Å². The molecule has 2 N–H and O–H groups in total. The molecule has 0 aromatic carbocycles. The van der Waals surface area contributed by atoms with E-state index < -0.39 is 0 Å². The number of nitrogens with one attached hydrogen (secondary N) is 1. The summed E-state index contributed by atoms with van der Waals surface area (Å²) in [4.78, 5) is 7.35. The van der Waals surface area contributed by atoms with E-state index in [2.05, 4.69) is 15.3 Å². The summed E-state index contributed by atoms with van der Waals surface area (Å²) in [6.07, 6.45) is 2.81. The molecule has 0 amide bonds. The second-order valence-electron chi connectivity index (χ2n) is 1.51. The molecule has 1 radical (unpaired) electrons. The van der Waals surface area contributed by atoms with Crippen molar-refractivity contribution in [1.82, 2.24) is 9.97 Å². The van der Waals surface area contributed by atoms with Crippen molar-refractivity contribution in [3.8, 4) is 5.88 Å². The first-order chi connectivity index (χ1) is 4.33. The van der Waals surface area contributed by atoms with Crippen molar-refractivity contribution < 1.29 is 37.8 Å². The summed E-state index contributed by atoms with van der Waals surface area (Å²) < 4.78 is 0. The standard InChI is InChI=1S/C5H7N3O.Y/c1-6-4-2-7-3-5(9)8-4;/h2-3H,1H3,(H2,6,8,9);. The van der Waals surface area contributed by atoms with Crippen molar-refractivity contribution in [1.29, 1.82) is 0 Å². The third-order valence-corrected chi connectivity index (χ3v) is 0.878. The molecule has 0 saturated carbocycles. The third-order valence-electron chi connectivity index (χ3n) is 0.878. The van der Waals surface area contributed by atoms with Crippen molar-refractivity contribution >= 4 is 5.82 Å². The molecule has 0 aliphatic rings. The van der Waals surface area contributed by atoms with Crippen LogP contribution >= 0.6 is 0 Å². The van der Waals surface area contributed by atoms with Gasteiger partial charge < -0.3 is 10.4 Å². The Hall–Kier alpha value is -0.216. The molecule has 0 bridgehead atoms. The molecule has 1 heterocycles. The van der Waals surface area contributed by atoms with Crippen LogP contribution in [0.15, 0.2) is 12.4 Å². The topological polar surface area (TPSA) is 58.0 Å². The molecule has 0 unspecified atom stereocenters. The van der Waals surface area contributed by atoms with E-state index in [4.69, 9.17) is 5.11 Å². The maximum absolute atomic E-state index is 8.73. The first kappa shape index (κ1) is 9.78. The zero-order chi connectivity index (χ0) is 6.69. The molecule has 4 nitrogen and oxygen atoms in total. The summed E-state index contributed by atoms with van der Waals surface area (Å²) >= 11 is 0. The van der Waals surface area contributed by atoms with E-state index in [0.29, 0.717) is 5.82 Å². The van der Waals surface area contributed by atoms with Gasteiger partial charge in [-0.2, -0.15) is 4.98 Å². The Balaban J connectivity index is 0.000000810. The minimum Gasteiger partial charge on any atom is -0.492 e. The van der Waals surface area contributed by atoms with E-state index in [-0.39, 0.29) is 38.6 Å². The van der Waals surface area contributed by atoms with E-state index in [1.54, 1.807) is 7.05 Å². The summed E-state index contributed by atoms with van der Waals surface area (Å²) in [5, 5.41) is 11.5. The van der Waals surface area contributed by atoms with E-state index in [9.17, 15) is 0 Å². The Labute approximate surface area is 84.0 Å². The van der Waals surface area contributed by atoms with Crippen LogP contribution in [0.25, 0.3) is 0 Å². The van der Waals surface area contributed by atoms with Gasteiger partial charge in [0.2, 0.25) is 5.88 Å². The molecule has 5 heteroatoms. The Bertz CT molecular complexity index is 206. The van der Waals surface area contributed by atoms with Crippen molar-refractivity contribution in [2.45, 2.75) is 0 Å². The molecule has 51 valence electrons.